The number of hydrogen-bond donors (Lipinski definition) is 1. The molecule has 1 N–H and O–H groups in total. The molecule has 0 amide bonds. The number of anilines is 1. The van der Waals surface area contributed by atoms with Crippen LogP contribution in [0.25, 0.3) is 0 Å². The molecule has 0 saturated carbocycles. The van der Waals surface area contributed by atoms with E-state index in [2.05, 4.69) is 10.3 Å². The Hall–Kier alpha value is -2.70. The third-order valence-corrected chi connectivity index (χ3v) is 4.22. The van der Waals surface area contributed by atoms with Gasteiger partial charge in [0.25, 0.3) is 0 Å². The van der Waals surface area contributed by atoms with Crippen molar-refractivity contribution in [2.75, 3.05) is 19.5 Å². The van der Waals surface area contributed by atoms with Gasteiger partial charge >= 0.3 is 17.1 Å². The van der Waals surface area contributed by atoms with Crippen LogP contribution in [0.1, 0.15) is 5.56 Å². The third kappa shape index (κ3) is 5.90. The number of rotatable bonds is 6. The van der Waals surface area contributed by atoms with Gasteiger partial charge in [0.05, 0.1) is 31.4 Å². The summed E-state index contributed by atoms with van der Waals surface area (Å²) in [5.74, 6) is 0.414. The number of aliphatic imine (C=N–C) groups is 1. The van der Waals surface area contributed by atoms with Crippen LogP contribution in [-0.4, -0.2) is 26.5 Å². The standard InChI is InChI=1S/C22H21N2O4.ClH.Fe/c1-27-19-11-5-7-15(21(19)25)13-23-17-9-3-4-10-18(17)24-14-16-8-6-12-20(28-2)22(16)26;;/h3-14,21,23,26H,1-2H3;1H;/q-1;;+3/p-2/b15-13-,24-14?;;. The fraction of sp³-hybridized carbons (Fsp3) is 0.136. The molecule has 6 nitrogen and oxygen atoms in total. The van der Waals surface area contributed by atoms with Gasteiger partial charge in [-0.1, -0.05) is 42.2 Å². The summed E-state index contributed by atoms with van der Waals surface area (Å²) in [7, 11) is 2.94. The van der Waals surface area contributed by atoms with Crippen molar-refractivity contribution >= 4 is 17.6 Å². The average Bonchev–Trinajstić information content (AvgIpc) is 2.73. The summed E-state index contributed by atoms with van der Waals surface area (Å²) in [5.41, 5.74) is 2.31. The molecular weight excluding hydrogens is 448 g/mol. The third-order valence-electron chi connectivity index (χ3n) is 4.22. The van der Waals surface area contributed by atoms with Crippen LogP contribution in [0.2, 0.25) is 0 Å². The van der Waals surface area contributed by atoms with Crippen molar-refractivity contribution in [3.05, 3.63) is 83.8 Å². The maximum Gasteiger partial charge on any atom is 3.00 e. The number of benzene rings is 2. The molecular formula is C22H20ClFeN2O4. The molecule has 1 radical (unpaired) electrons. The molecule has 0 bridgehead atoms. The van der Waals surface area contributed by atoms with Crippen molar-refractivity contribution in [3.63, 3.8) is 0 Å². The molecule has 1 aliphatic rings. The van der Waals surface area contributed by atoms with E-state index in [0.717, 1.165) is 0 Å². The zero-order valence-electron chi connectivity index (χ0n) is 16.3. The van der Waals surface area contributed by atoms with Crippen molar-refractivity contribution in [1.29, 1.82) is 0 Å². The summed E-state index contributed by atoms with van der Waals surface area (Å²) < 4.78 is 10.1. The Balaban J connectivity index is 0.00000225. The zero-order valence-corrected chi connectivity index (χ0v) is 18.2. The second-order valence-corrected chi connectivity index (χ2v) is 5.95. The van der Waals surface area contributed by atoms with Crippen LogP contribution in [0.15, 0.2) is 83.2 Å². The molecule has 157 valence electrons. The van der Waals surface area contributed by atoms with Crippen LogP contribution >= 0.6 is 0 Å². The van der Waals surface area contributed by atoms with Gasteiger partial charge < -0.3 is 37.4 Å². The fourth-order valence-electron chi connectivity index (χ4n) is 2.70. The van der Waals surface area contributed by atoms with Crippen molar-refractivity contribution < 1.29 is 49.2 Å². The Bertz CT molecular complexity index is 973. The number of halogens is 1. The molecule has 0 spiro atoms. The summed E-state index contributed by atoms with van der Waals surface area (Å²) in [6.45, 7) is 0. The first kappa shape index (κ1) is 25.3. The van der Waals surface area contributed by atoms with Gasteiger partial charge in [-0.2, -0.15) is 0 Å². The monoisotopic (exact) mass is 467 g/mol. The minimum absolute atomic E-state index is 0. The van der Waals surface area contributed by atoms with E-state index in [0.29, 0.717) is 28.3 Å². The number of methoxy groups -OCH3 is 2. The summed E-state index contributed by atoms with van der Waals surface area (Å²) in [6.07, 6.45) is 7.21. The fourth-order valence-corrected chi connectivity index (χ4v) is 2.70. The van der Waals surface area contributed by atoms with Crippen LogP contribution in [0.5, 0.6) is 11.5 Å². The molecule has 1 unspecified atom stereocenters. The van der Waals surface area contributed by atoms with Crippen LogP contribution in [0.4, 0.5) is 11.4 Å². The van der Waals surface area contributed by atoms with Crippen molar-refractivity contribution in [2.45, 2.75) is 6.10 Å². The molecule has 0 saturated heterocycles. The maximum absolute atomic E-state index is 12.3. The minimum atomic E-state index is -1.09. The molecule has 0 aliphatic heterocycles. The van der Waals surface area contributed by atoms with E-state index >= 15 is 0 Å². The molecule has 2 aromatic rings. The van der Waals surface area contributed by atoms with Gasteiger partial charge in [-0.05, 0) is 41.5 Å². The van der Waals surface area contributed by atoms with E-state index in [1.165, 1.54) is 20.4 Å². The maximum atomic E-state index is 12.3. The SMILES string of the molecule is COC1=CC=C/C(=C/Nc2ccccc2N=Cc2cccc(OC)c2[O-])C1[O-].[Cl-].[Fe+3]. The molecule has 30 heavy (non-hydrogen) atoms. The van der Waals surface area contributed by atoms with Gasteiger partial charge in [-0.25, -0.2) is 0 Å². The second-order valence-electron chi connectivity index (χ2n) is 5.95. The summed E-state index contributed by atoms with van der Waals surface area (Å²) in [5, 5.41) is 27.7. The van der Waals surface area contributed by atoms with Crippen LogP contribution < -0.4 is 32.7 Å². The minimum Gasteiger partial charge on any atom is -1.00 e. The number of ether oxygens (including phenoxy) is 2. The molecule has 3 rings (SSSR count). The molecule has 0 aromatic heterocycles. The Morgan fingerprint density at radius 3 is 2.57 bits per heavy atom. The first-order valence-corrected chi connectivity index (χ1v) is 8.66. The average molecular weight is 468 g/mol. The Morgan fingerprint density at radius 1 is 1.07 bits per heavy atom. The van der Waals surface area contributed by atoms with Crippen LogP contribution in [0, 0.1) is 0 Å². The predicted octanol–water partition coefficient (Wildman–Crippen LogP) is -0.354. The second kappa shape index (κ2) is 12.1. The Labute approximate surface area is 192 Å². The topological polar surface area (TPSA) is 89.0 Å². The number of allylic oxidation sites excluding steroid dienone is 2. The van der Waals surface area contributed by atoms with Gasteiger partial charge in [0.1, 0.15) is 5.75 Å². The first-order valence-electron chi connectivity index (χ1n) is 8.66. The van der Waals surface area contributed by atoms with Gasteiger partial charge in [0.2, 0.25) is 0 Å². The van der Waals surface area contributed by atoms with E-state index < -0.39 is 6.10 Å². The van der Waals surface area contributed by atoms with Crippen molar-refractivity contribution in [3.8, 4) is 11.5 Å². The predicted molar refractivity (Wildman–Crippen MR) is 106 cm³/mol. The zero-order chi connectivity index (χ0) is 19.9. The van der Waals surface area contributed by atoms with Crippen LogP contribution in [-0.2, 0) is 21.8 Å². The molecule has 1 aliphatic carbocycles. The summed E-state index contributed by atoms with van der Waals surface area (Å²) >= 11 is 0. The quantitative estimate of drug-likeness (QED) is 0.463. The van der Waals surface area contributed by atoms with Gasteiger partial charge in [-0.15, -0.1) is 0 Å². The molecule has 0 heterocycles. The van der Waals surface area contributed by atoms with Gasteiger partial charge in [0.15, 0.2) is 0 Å². The van der Waals surface area contributed by atoms with E-state index in [1.807, 2.05) is 24.3 Å². The largest absolute Gasteiger partial charge is 3.00 e. The van der Waals surface area contributed by atoms with Crippen LogP contribution in [0.3, 0.4) is 0 Å². The van der Waals surface area contributed by atoms with E-state index in [-0.39, 0.29) is 41.0 Å². The Morgan fingerprint density at radius 2 is 1.83 bits per heavy atom. The van der Waals surface area contributed by atoms with Gasteiger partial charge in [-0.3, -0.25) is 4.99 Å². The molecule has 0 fully saturated rings. The number of hydrogen-bond acceptors (Lipinski definition) is 6. The smallest absolute Gasteiger partial charge is 1.00 e. The molecule has 2 aromatic carbocycles. The van der Waals surface area contributed by atoms with Gasteiger partial charge in [0, 0.05) is 12.4 Å². The normalized spacial score (nSPS) is 16.4. The van der Waals surface area contributed by atoms with Crippen molar-refractivity contribution in [2.24, 2.45) is 4.99 Å². The summed E-state index contributed by atoms with van der Waals surface area (Å²) in [6, 6.07) is 12.4. The summed E-state index contributed by atoms with van der Waals surface area (Å²) in [4.78, 5) is 4.42. The van der Waals surface area contributed by atoms with E-state index in [9.17, 15) is 10.2 Å². The first-order chi connectivity index (χ1) is 13.6. The van der Waals surface area contributed by atoms with E-state index in [4.69, 9.17) is 9.47 Å². The van der Waals surface area contributed by atoms with Crippen molar-refractivity contribution in [1.82, 2.24) is 0 Å². The Kier molecular flexibility index (Phi) is 10.2. The molecule has 8 heteroatoms. The number of nitrogens with one attached hydrogen (secondary N) is 1. The number of para-hydroxylation sites is 3. The number of nitrogens with zero attached hydrogens (tertiary/aromatic N) is 1. The molecule has 1 atom stereocenters. The van der Waals surface area contributed by atoms with E-state index in [1.54, 1.807) is 42.6 Å².